The van der Waals surface area contributed by atoms with Gasteiger partial charge in [-0.2, -0.15) is 5.26 Å². The number of hydrogen-bond acceptors (Lipinski definition) is 2. The first-order valence-electron chi connectivity index (χ1n) is 6.27. The molecule has 0 fully saturated rings. The monoisotopic (exact) mass is 229 g/mol. The van der Waals surface area contributed by atoms with E-state index >= 15 is 0 Å². The van der Waals surface area contributed by atoms with Crippen molar-refractivity contribution >= 4 is 0 Å². The summed E-state index contributed by atoms with van der Waals surface area (Å²) in [5.74, 6) is 0. The average Bonchev–Trinajstić information content (AvgIpc) is 2.39. The Morgan fingerprint density at radius 1 is 1.24 bits per heavy atom. The van der Waals surface area contributed by atoms with Gasteiger partial charge in [0, 0.05) is 6.04 Å². The van der Waals surface area contributed by atoms with Crippen molar-refractivity contribution in [2.24, 2.45) is 0 Å². The van der Waals surface area contributed by atoms with Crippen LogP contribution in [0, 0.1) is 17.8 Å². The summed E-state index contributed by atoms with van der Waals surface area (Å²) in [6.07, 6.45) is 3.27. The highest BCUT2D eigenvalue weighted by molar-refractivity contribution is 5.32. The van der Waals surface area contributed by atoms with Crippen molar-refractivity contribution in [3.05, 3.63) is 41.8 Å². The van der Waals surface area contributed by atoms with Crippen molar-refractivity contribution in [1.29, 1.82) is 5.26 Å². The molecule has 0 aromatic heterocycles. The predicted molar refractivity (Wildman–Crippen MR) is 71.5 cm³/mol. The zero-order valence-electron chi connectivity index (χ0n) is 11.0. The highest BCUT2D eigenvalue weighted by atomic mass is 15.1. The lowest BCUT2D eigenvalue weighted by atomic mass is 10.0. The second-order valence-electron chi connectivity index (χ2n) is 4.13. The first-order valence-corrected chi connectivity index (χ1v) is 6.27. The van der Waals surface area contributed by atoms with Crippen molar-refractivity contribution in [2.45, 2.75) is 33.2 Å². The third-order valence-corrected chi connectivity index (χ3v) is 3.19. The van der Waals surface area contributed by atoms with Gasteiger partial charge in [-0.25, -0.2) is 0 Å². The number of nitrogens with zero attached hydrogens (tertiary/aromatic N) is 2. The fourth-order valence-electron chi connectivity index (χ4n) is 2.11. The number of likely N-dealkylation sites (N-methyl/N-ethyl adjacent to an activating group) is 1. The maximum absolute atomic E-state index is 8.76. The van der Waals surface area contributed by atoms with Crippen molar-refractivity contribution in [3.8, 4) is 6.07 Å². The largest absolute Gasteiger partial charge is 0.300 e. The summed E-state index contributed by atoms with van der Waals surface area (Å²) in [6, 6.07) is 10.5. The van der Waals surface area contributed by atoms with E-state index in [-0.39, 0.29) is 0 Å². The normalized spacial score (nSPS) is 12.4. The topological polar surface area (TPSA) is 27.0 Å². The lowest BCUT2D eigenvalue weighted by Gasteiger charge is -2.28. The molecule has 0 spiro atoms. The van der Waals surface area contributed by atoms with Gasteiger partial charge in [-0.05, 0) is 43.6 Å². The van der Waals surface area contributed by atoms with Gasteiger partial charge in [0.2, 0.25) is 0 Å². The van der Waals surface area contributed by atoms with E-state index in [1.807, 2.05) is 12.1 Å². The Labute approximate surface area is 105 Å². The van der Waals surface area contributed by atoms with Gasteiger partial charge in [0.25, 0.3) is 0 Å². The SMILES string of the molecule is C[CH]C(Cc1ccc(C#N)cc1)N(CC)CC. The summed E-state index contributed by atoms with van der Waals surface area (Å²) in [6.45, 7) is 8.65. The molecule has 0 saturated heterocycles. The molecular formula is C15H21N2. The van der Waals surface area contributed by atoms with Crippen LogP contribution < -0.4 is 0 Å². The molecule has 1 rings (SSSR count). The average molecular weight is 229 g/mol. The van der Waals surface area contributed by atoms with Crippen LogP contribution in [0.15, 0.2) is 24.3 Å². The Hall–Kier alpha value is -1.33. The van der Waals surface area contributed by atoms with E-state index in [0.717, 1.165) is 25.1 Å². The third-order valence-electron chi connectivity index (χ3n) is 3.19. The second-order valence-corrected chi connectivity index (χ2v) is 4.13. The van der Waals surface area contributed by atoms with Crippen LogP contribution in [-0.4, -0.2) is 24.0 Å². The molecule has 1 atom stereocenters. The van der Waals surface area contributed by atoms with E-state index in [9.17, 15) is 0 Å². The molecule has 0 heterocycles. The number of nitriles is 1. The molecule has 1 unspecified atom stereocenters. The van der Waals surface area contributed by atoms with E-state index in [4.69, 9.17) is 5.26 Å². The molecule has 0 aliphatic rings. The van der Waals surface area contributed by atoms with Crippen molar-refractivity contribution < 1.29 is 0 Å². The number of hydrogen-bond donors (Lipinski definition) is 0. The summed E-state index contributed by atoms with van der Waals surface area (Å²) in [5.41, 5.74) is 2.02. The second kappa shape index (κ2) is 7.09. The fraction of sp³-hybridized carbons (Fsp3) is 0.467. The Bertz CT molecular complexity index is 358. The van der Waals surface area contributed by atoms with E-state index < -0.39 is 0 Å². The van der Waals surface area contributed by atoms with Crippen LogP contribution in [0.3, 0.4) is 0 Å². The van der Waals surface area contributed by atoms with Gasteiger partial charge in [-0.3, -0.25) is 0 Å². The van der Waals surface area contributed by atoms with Gasteiger partial charge in [0.1, 0.15) is 0 Å². The van der Waals surface area contributed by atoms with Gasteiger partial charge in [-0.15, -0.1) is 0 Å². The quantitative estimate of drug-likeness (QED) is 0.749. The molecule has 2 heteroatoms. The zero-order chi connectivity index (χ0) is 12.7. The molecule has 17 heavy (non-hydrogen) atoms. The van der Waals surface area contributed by atoms with E-state index in [1.54, 1.807) is 0 Å². The Kier molecular flexibility index (Phi) is 5.72. The summed E-state index contributed by atoms with van der Waals surface area (Å²) in [5, 5.41) is 8.76. The van der Waals surface area contributed by atoms with Gasteiger partial charge < -0.3 is 4.90 Å². The minimum atomic E-state index is 0.484. The minimum Gasteiger partial charge on any atom is -0.300 e. The first kappa shape index (κ1) is 13.7. The standard InChI is InChI=1S/C15H21N2/c1-4-15(17(5-2)6-3)11-13-7-9-14(12-16)10-8-13/h4,7-10,15H,5-6,11H2,1-3H3. The molecule has 1 aromatic rings. The van der Waals surface area contributed by atoms with Crippen LogP contribution in [0.4, 0.5) is 0 Å². The zero-order valence-corrected chi connectivity index (χ0v) is 11.0. The van der Waals surface area contributed by atoms with Crippen LogP contribution in [0.5, 0.6) is 0 Å². The van der Waals surface area contributed by atoms with Crippen molar-refractivity contribution in [2.75, 3.05) is 13.1 Å². The highest BCUT2D eigenvalue weighted by Gasteiger charge is 2.14. The van der Waals surface area contributed by atoms with Gasteiger partial charge in [-0.1, -0.05) is 32.9 Å². The maximum Gasteiger partial charge on any atom is 0.0991 e. The van der Waals surface area contributed by atoms with E-state index in [2.05, 4.69) is 50.3 Å². The summed E-state index contributed by atoms with van der Waals surface area (Å²) >= 11 is 0. The van der Waals surface area contributed by atoms with Crippen LogP contribution in [0.1, 0.15) is 31.9 Å². The maximum atomic E-state index is 8.76. The summed E-state index contributed by atoms with van der Waals surface area (Å²) in [7, 11) is 0. The summed E-state index contributed by atoms with van der Waals surface area (Å²) in [4.78, 5) is 2.44. The molecule has 0 saturated carbocycles. The van der Waals surface area contributed by atoms with Crippen LogP contribution in [0.2, 0.25) is 0 Å². The fourth-order valence-corrected chi connectivity index (χ4v) is 2.11. The van der Waals surface area contributed by atoms with Gasteiger partial charge in [0.05, 0.1) is 11.6 Å². The lowest BCUT2D eigenvalue weighted by Crippen LogP contribution is -2.36. The van der Waals surface area contributed by atoms with E-state index in [1.165, 1.54) is 5.56 Å². The van der Waals surface area contributed by atoms with Crippen LogP contribution in [0.25, 0.3) is 0 Å². The molecule has 0 bridgehead atoms. The Morgan fingerprint density at radius 2 is 1.82 bits per heavy atom. The molecule has 1 radical (unpaired) electrons. The van der Waals surface area contributed by atoms with Gasteiger partial charge >= 0.3 is 0 Å². The Morgan fingerprint density at radius 3 is 2.24 bits per heavy atom. The molecular weight excluding hydrogens is 208 g/mol. The van der Waals surface area contributed by atoms with Crippen molar-refractivity contribution in [3.63, 3.8) is 0 Å². The highest BCUT2D eigenvalue weighted by Crippen LogP contribution is 2.12. The first-order chi connectivity index (χ1) is 8.24. The molecule has 2 nitrogen and oxygen atoms in total. The van der Waals surface area contributed by atoms with Crippen LogP contribution >= 0.6 is 0 Å². The third kappa shape index (κ3) is 3.87. The molecule has 91 valence electrons. The molecule has 0 N–H and O–H groups in total. The lowest BCUT2D eigenvalue weighted by molar-refractivity contribution is 0.240. The van der Waals surface area contributed by atoms with Crippen LogP contribution in [-0.2, 0) is 6.42 Å². The molecule has 0 aliphatic carbocycles. The molecule has 0 aliphatic heterocycles. The molecule has 0 amide bonds. The Balaban J connectivity index is 2.70. The smallest absolute Gasteiger partial charge is 0.0991 e. The minimum absolute atomic E-state index is 0.484. The number of rotatable bonds is 6. The summed E-state index contributed by atoms with van der Waals surface area (Å²) < 4.78 is 0. The van der Waals surface area contributed by atoms with E-state index in [0.29, 0.717) is 6.04 Å². The predicted octanol–water partition coefficient (Wildman–Crippen LogP) is 3.04. The van der Waals surface area contributed by atoms with Crippen molar-refractivity contribution in [1.82, 2.24) is 4.90 Å². The number of benzene rings is 1. The van der Waals surface area contributed by atoms with Gasteiger partial charge in [0.15, 0.2) is 0 Å². The molecule has 1 aromatic carbocycles.